The average molecular weight is 1270 g/mol. The van der Waals surface area contributed by atoms with Crippen molar-refractivity contribution in [2.24, 2.45) is 10.7 Å². The van der Waals surface area contributed by atoms with Crippen LogP contribution in [0.15, 0.2) is 77.8 Å². The number of aliphatic hydroxyl groups is 1. The maximum atomic E-state index is 14.8. The van der Waals surface area contributed by atoms with Crippen LogP contribution >= 0.6 is 0 Å². The summed E-state index contributed by atoms with van der Waals surface area (Å²) < 4.78 is 0. The number of amides is 8. The van der Waals surface area contributed by atoms with Gasteiger partial charge in [-0.3, -0.25) is 67.7 Å². The summed E-state index contributed by atoms with van der Waals surface area (Å²) in [6, 6.07) is 17.5. The number of aliphatic imine (C=N–C) groups is 1. The predicted molar refractivity (Wildman–Crippen MR) is 334 cm³/mol. The third kappa shape index (κ3) is 27.7. The molecule has 498 valence electrons. The number of phenolic OH excluding ortho intramolecular Hbond substituents is 1. The highest BCUT2D eigenvalue weighted by molar-refractivity contribution is 5.92. The van der Waals surface area contributed by atoms with Crippen LogP contribution in [0.3, 0.4) is 0 Å². The molecule has 3 aromatic carbocycles. The number of aliphatic carboxylic acids is 3. The number of phenols is 1. The normalized spacial score (nSPS) is 15.6. The Hall–Kier alpha value is -9.01. The number of fused-ring (bicyclic) bond motifs is 1. The molecular formula is C60H88N16O15. The van der Waals surface area contributed by atoms with E-state index in [4.69, 9.17) is 5.73 Å². The van der Waals surface area contributed by atoms with E-state index in [0.29, 0.717) is 55.7 Å². The Morgan fingerprint density at radius 2 is 1.10 bits per heavy atom. The van der Waals surface area contributed by atoms with Gasteiger partial charge in [0.15, 0.2) is 5.96 Å². The van der Waals surface area contributed by atoms with Gasteiger partial charge in [-0.25, -0.2) is 4.79 Å². The molecule has 31 heteroatoms. The lowest BCUT2D eigenvalue weighted by Crippen LogP contribution is -2.50. The summed E-state index contributed by atoms with van der Waals surface area (Å²) in [7, 11) is 0. The highest BCUT2D eigenvalue weighted by Crippen LogP contribution is 2.33. The topological polar surface area (TPSA) is 435 Å². The molecule has 2 heterocycles. The number of carboxylic acid groups (broad SMARTS) is 3. The zero-order valence-corrected chi connectivity index (χ0v) is 51.3. The fourth-order valence-corrected chi connectivity index (χ4v) is 10.0. The fourth-order valence-electron chi connectivity index (χ4n) is 10.0. The van der Waals surface area contributed by atoms with Crippen molar-refractivity contribution in [3.8, 4) is 5.75 Å². The number of carbonyl (C=O) groups excluding carboxylic acids is 7. The number of benzene rings is 3. The summed E-state index contributed by atoms with van der Waals surface area (Å²) in [4.78, 5) is 139. The molecule has 8 amide bonds. The number of urea groups is 1. The van der Waals surface area contributed by atoms with Gasteiger partial charge in [0.2, 0.25) is 35.4 Å². The van der Waals surface area contributed by atoms with Gasteiger partial charge < -0.3 is 79.1 Å². The first-order valence-corrected chi connectivity index (χ1v) is 30.3. The molecule has 0 aromatic heterocycles. The first kappa shape index (κ1) is 72.7. The minimum atomic E-state index is -1.30. The number of aliphatic hydroxyl groups excluding tert-OH is 1. The average Bonchev–Trinajstić information content (AvgIpc) is 1.87. The number of hydrogen-bond acceptors (Lipinski definition) is 18. The number of carboxylic acids is 3. The molecule has 16 N–H and O–H groups in total. The van der Waals surface area contributed by atoms with E-state index < -0.39 is 78.2 Å². The van der Waals surface area contributed by atoms with Crippen molar-refractivity contribution >= 4 is 71.0 Å². The van der Waals surface area contributed by atoms with E-state index >= 15 is 0 Å². The quantitative estimate of drug-likeness (QED) is 0.0168. The monoisotopic (exact) mass is 1270 g/mol. The number of nitrogens with one attached hydrogen (secondary N) is 9. The second-order valence-electron chi connectivity index (χ2n) is 21.9. The van der Waals surface area contributed by atoms with E-state index in [2.05, 4.69) is 52.8 Å². The Labute approximate surface area is 527 Å². The second-order valence-corrected chi connectivity index (χ2v) is 21.9. The lowest BCUT2D eigenvalue weighted by atomic mass is 10.0. The van der Waals surface area contributed by atoms with Crippen LogP contribution in [0.25, 0.3) is 0 Å². The standard InChI is InChI=1S/C60H88N16O15/c1-2-49(79)64-22-23-67-60(91)71-59(61)66-18-6-12-47(56(88)68-33-41-13-15-46(78)16-14-41)70-58(90)55(76-34-43-8-3-4-9-44(43)35-76)42-10-5-11-45(32-42)62-19-7-20-65-57(89)48(40-77)69-50(80)17-21-63-51(81)36-72-24-26-73(37-52(82)83)28-30-75(39-54(86)87)31-29-74(27-25-72)38-53(84)85/h3-5,8-11,13-16,32,47-48,55,62,77-78H,2,6-7,12,17-31,33-40H2,1H3,(H,63,81)(H,64,79)(H,65,89)(H,68,88)(H,69,80)(H,70,90)(H,82,83)(H,84,85)(H,86,87)(H4,61,66,67,71,91)/t47-,48-,55+/m1/s1. The van der Waals surface area contributed by atoms with Gasteiger partial charge in [-0.1, -0.05) is 55.5 Å². The van der Waals surface area contributed by atoms with Crippen LogP contribution in [0.2, 0.25) is 0 Å². The maximum Gasteiger partial charge on any atom is 0.344 e. The van der Waals surface area contributed by atoms with Gasteiger partial charge in [-0.2, -0.15) is 4.99 Å². The Morgan fingerprint density at radius 3 is 1.67 bits per heavy atom. The van der Waals surface area contributed by atoms with Crippen molar-refractivity contribution in [3.05, 3.63) is 95.1 Å². The molecule has 3 aromatic rings. The zero-order chi connectivity index (χ0) is 66.1. The van der Waals surface area contributed by atoms with Crippen LogP contribution in [0.1, 0.15) is 67.3 Å². The molecule has 2 aliphatic heterocycles. The van der Waals surface area contributed by atoms with E-state index in [1.807, 2.05) is 47.4 Å². The van der Waals surface area contributed by atoms with Gasteiger partial charge in [-0.05, 0) is 65.8 Å². The minimum Gasteiger partial charge on any atom is -0.508 e. The predicted octanol–water partition coefficient (Wildman–Crippen LogP) is -2.45. The maximum absolute atomic E-state index is 14.8. The van der Waals surface area contributed by atoms with Crippen molar-refractivity contribution in [1.29, 1.82) is 0 Å². The Bertz CT molecular complexity index is 2880. The zero-order valence-electron chi connectivity index (χ0n) is 51.3. The number of nitrogens with zero attached hydrogens (tertiary/aromatic N) is 6. The van der Waals surface area contributed by atoms with Gasteiger partial charge >= 0.3 is 23.9 Å². The Balaban J connectivity index is 1.13. The van der Waals surface area contributed by atoms with E-state index in [9.17, 15) is 73.5 Å². The van der Waals surface area contributed by atoms with Gasteiger partial charge in [0.25, 0.3) is 0 Å². The molecule has 1 fully saturated rings. The Morgan fingerprint density at radius 1 is 0.549 bits per heavy atom. The van der Waals surface area contributed by atoms with Crippen molar-refractivity contribution in [2.75, 3.05) is 130 Å². The number of carbonyl (C=O) groups is 10. The third-order valence-electron chi connectivity index (χ3n) is 14.8. The summed E-state index contributed by atoms with van der Waals surface area (Å²) in [6.45, 7) is 3.51. The van der Waals surface area contributed by atoms with Gasteiger partial charge in [0.1, 0.15) is 23.9 Å². The summed E-state index contributed by atoms with van der Waals surface area (Å²) in [5.74, 6) is -6.16. The molecule has 5 rings (SSSR count). The van der Waals surface area contributed by atoms with E-state index in [1.54, 1.807) is 44.7 Å². The summed E-state index contributed by atoms with van der Waals surface area (Å²) in [5.41, 5.74) is 10.1. The number of nitrogens with two attached hydrogens (primary N) is 1. The molecule has 31 nitrogen and oxygen atoms in total. The molecule has 2 aliphatic rings. The van der Waals surface area contributed by atoms with Crippen LogP contribution in [0.4, 0.5) is 10.5 Å². The van der Waals surface area contributed by atoms with E-state index in [1.165, 1.54) is 12.1 Å². The molecule has 91 heavy (non-hydrogen) atoms. The number of rotatable bonds is 34. The molecule has 0 unspecified atom stereocenters. The van der Waals surface area contributed by atoms with Crippen molar-refractivity contribution < 1.29 is 73.5 Å². The lowest BCUT2D eigenvalue weighted by molar-refractivity contribution is -0.140. The third-order valence-corrected chi connectivity index (χ3v) is 14.8. The number of hydrogen-bond donors (Lipinski definition) is 15. The first-order chi connectivity index (χ1) is 43.7. The van der Waals surface area contributed by atoms with Crippen LogP contribution in [-0.2, 0) is 62.8 Å². The molecule has 0 saturated carbocycles. The minimum absolute atomic E-state index is 0.0625. The molecule has 0 radical (unpaired) electrons. The van der Waals surface area contributed by atoms with Gasteiger partial charge in [0.05, 0.1) is 32.8 Å². The van der Waals surface area contributed by atoms with E-state index in [-0.39, 0.29) is 148 Å². The highest BCUT2D eigenvalue weighted by Gasteiger charge is 2.35. The summed E-state index contributed by atoms with van der Waals surface area (Å²) in [5, 5.41) is 73.5. The van der Waals surface area contributed by atoms with Gasteiger partial charge in [-0.15, -0.1) is 0 Å². The molecule has 0 bridgehead atoms. The fraction of sp³-hybridized carbons (Fsp3) is 0.517. The summed E-state index contributed by atoms with van der Waals surface area (Å²) >= 11 is 0. The molecule has 0 spiro atoms. The number of guanidine groups is 1. The van der Waals surface area contributed by atoms with Crippen LogP contribution in [-0.4, -0.2) is 252 Å². The molecule has 0 aliphatic carbocycles. The number of anilines is 1. The highest BCUT2D eigenvalue weighted by atomic mass is 16.4. The van der Waals surface area contributed by atoms with Crippen molar-refractivity contribution in [1.82, 2.24) is 67.0 Å². The SMILES string of the molecule is CCC(=O)NCCNC(=O)/N=C(/N)NCCC[C@@H](NC(=O)[C@H](c1cccc(NCCCNC(=O)[C@@H](CO)NC(=O)CCNC(=O)CN2CCN(CC(=O)O)CCN(CC(=O)O)CCN(CC(=O)O)CC2)c1)N1Cc2ccccc2C1)C(=O)NCc1ccc(O)cc1. The van der Waals surface area contributed by atoms with Gasteiger partial charge in [0, 0.05) is 130 Å². The number of aromatic hydroxyl groups is 1. The van der Waals surface area contributed by atoms with Crippen LogP contribution in [0.5, 0.6) is 5.75 Å². The molecular weight excluding hydrogens is 1180 g/mol. The molecule has 3 atom stereocenters. The first-order valence-electron chi connectivity index (χ1n) is 30.3. The Kier molecular flexibility index (Phi) is 31.3. The largest absolute Gasteiger partial charge is 0.508 e. The smallest absolute Gasteiger partial charge is 0.344 e. The van der Waals surface area contributed by atoms with E-state index in [0.717, 1.165) is 11.1 Å². The van der Waals surface area contributed by atoms with Crippen molar-refractivity contribution in [3.63, 3.8) is 0 Å². The van der Waals surface area contributed by atoms with Crippen LogP contribution in [0, 0.1) is 0 Å². The summed E-state index contributed by atoms with van der Waals surface area (Å²) in [6.07, 6.45) is 0.923. The second kappa shape index (κ2) is 39.2. The van der Waals surface area contributed by atoms with Crippen molar-refractivity contribution in [2.45, 2.75) is 76.8 Å². The molecule has 1 saturated heterocycles. The lowest BCUT2D eigenvalue weighted by Gasteiger charge is -2.32. The van der Waals surface area contributed by atoms with Crippen LogP contribution < -0.4 is 53.6 Å².